The fourth-order valence-corrected chi connectivity index (χ4v) is 4.49. The number of nitrogens with zero attached hydrogens (tertiary/aromatic N) is 2. The molecule has 228 valence electrons. The molecule has 0 aromatic heterocycles. The zero-order valence-corrected chi connectivity index (χ0v) is 22.4. The summed E-state index contributed by atoms with van der Waals surface area (Å²) < 4.78 is 87.6. The molecule has 2 aromatic carbocycles. The Balaban J connectivity index is 1.52. The second-order valence-electron chi connectivity index (χ2n) is 9.68. The van der Waals surface area contributed by atoms with E-state index in [9.17, 15) is 55.1 Å². The second-order valence-corrected chi connectivity index (χ2v) is 9.68. The van der Waals surface area contributed by atoms with Crippen LogP contribution in [0.4, 0.5) is 37.7 Å². The maximum absolute atomic E-state index is 14.6. The number of hydrogen-bond donors (Lipinski definition) is 2. The van der Waals surface area contributed by atoms with Crippen molar-refractivity contribution >= 4 is 46.8 Å². The third-order valence-electron chi connectivity index (χ3n) is 6.71. The lowest BCUT2D eigenvalue weighted by molar-refractivity contribution is -0.283. The lowest BCUT2D eigenvalue weighted by atomic mass is 10.0. The molecular weight excluding hydrogens is 590 g/mol. The van der Waals surface area contributed by atoms with Crippen molar-refractivity contribution in [3.63, 3.8) is 0 Å². The lowest BCUT2D eigenvalue weighted by Gasteiger charge is -2.31. The second kappa shape index (κ2) is 10.8. The summed E-state index contributed by atoms with van der Waals surface area (Å²) in [5.41, 5.74) is -2.31. The van der Waals surface area contributed by atoms with Crippen LogP contribution in [0.15, 0.2) is 36.4 Å². The predicted octanol–water partition coefficient (Wildman–Crippen LogP) is 4.18. The van der Waals surface area contributed by atoms with Gasteiger partial charge in [0.25, 0.3) is 23.6 Å². The molecule has 0 bridgehead atoms. The van der Waals surface area contributed by atoms with Crippen LogP contribution in [0.3, 0.4) is 0 Å². The van der Waals surface area contributed by atoms with Gasteiger partial charge in [0, 0.05) is 24.5 Å². The van der Waals surface area contributed by atoms with Crippen molar-refractivity contribution in [2.75, 3.05) is 23.7 Å². The number of imide groups is 2. The van der Waals surface area contributed by atoms with Crippen molar-refractivity contribution < 1.29 is 55.1 Å². The highest BCUT2D eigenvalue weighted by atomic mass is 19.3. The molecule has 2 aliphatic rings. The Bertz CT molecular complexity index is 1460. The van der Waals surface area contributed by atoms with Crippen molar-refractivity contribution in [3.05, 3.63) is 58.7 Å². The Morgan fingerprint density at radius 2 is 0.930 bits per heavy atom. The number of rotatable bonds is 10. The number of fused-ring (bicyclic) bond motifs is 2. The van der Waals surface area contributed by atoms with Crippen LogP contribution < -0.4 is 10.6 Å². The van der Waals surface area contributed by atoms with Gasteiger partial charge >= 0.3 is 29.6 Å². The van der Waals surface area contributed by atoms with E-state index in [2.05, 4.69) is 0 Å². The minimum atomic E-state index is -6.59. The van der Waals surface area contributed by atoms with Gasteiger partial charge in [-0.1, -0.05) is 13.8 Å². The van der Waals surface area contributed by atoms with Gasteiger partial charge in [-0.15, -0.1) is 0 Å². The van der Waals surface area contributed by atoms with Gasteiger partial charge in [0.2, 0.25) is 0 Å². The normalized spacial score (nSPS) is 15.2. The molecule has 10 nitrogen and oxygen atoms in total. The average molecular weight is 612 g/mol. The van der Waals surface area contributed by atoms with Crippen molar-refractivity contribution in [3.8, 4) is 0 Å². The third kappa shape index (κ3) is 4.89. The summed E-state index contributed by atoms with van der Waals surface area (Å²) in [7, 11) is 0. The van der Waals surface area contributed by atoms with E-state index in [4.69, 9.17) is 0 Å². The van der Waals surface area contributed by atoms with Gasteiger partial charge in [-0.05, 0) is 49.2 Å². The first-order valence-electron chi connectivity index (χ1n) is 12.8. The Morgan fingerprint density at radius 1 is 0.605 bits per heavy atom. The topological polar surface area (TPSA) is 133 Å². The number of benzene rings is 2. The number of anilines is 2. The molecule has 0 atom stereocenters. The number of carbonyl (C=O) groups is 6. The van der Waals surface area contributed by atoms with E-state index in [1.807, 2.05) is 0 Å². The molecule has 6 amide bonds. The zero-order valence-electron chi connectivity index (χ0n) is 22.4. The number of nitrogens with one attached hydrogen (secondary N) is 2. The maximum Gasteiger partial charge on any atom is 0.393 e. The highest BCUT2D eigenvalue weighted by Crippen LogP contribution is 2.47. The Morgan fingerprint density at radius 3 is 1.26 bits per heavy atom. The van der Waals surface area contributed by atoms with Crippen molar-refractivity contribution in [1.29, 1.82) is 0 Å². The van der Waals surface area contributed by atoms with Crippen molar-refractivity contribution in [2.45, 2.75) is 44.5 Å². The number of hydrogen-bond acceptors (Lipinski definition) is 6. The van der Waals surface area contributed by atoms with Gasteiger partial charge in [-0.25, -0.2) is 0 Å². The molecule has 2 heterocycles. The highest BCUT2D eigenvalue weighted by Gasteiger charge is 2.78. The lowest BCUT2D eigenvalue weighted by Crippen LogP contribution is -2.63. The van der Waals surface area contributed by atoms with Gasteiger partial charge in [-0.2, -0.15) is 26.3 Å². The number of halogens is 6. The first-order valence-corrected chi connectivity index (χ1v) is 12.8. The minimum Gasteiger partial charge on any atom is -0.321 e. The molecule has 0 unspecified atom stereocenters. The van der Waals surface area contributed by atoms with E-state index in [-0.39, 0.29) is 35.3 Å². The van der Waals surface area contributed by atoms with Crippen molar-refractivity contribution in [2.24, 2.45) is 0 Å². The summed E-state index contributed by atoms with van der Waals surface area (Å²) in [6, 6.07) is 5.11. The van der Waals surface area contributed by atoms with Crippen LogP contribution >= 0.6 is 0 Å². The summed E-state index contributed by atoms with van der Waals surface area (Å²) in [6.45, 7) is 3.38. The molecule has 2 aromatic rings. The molecular formula is C27H22F6N4O6. The van der Waals surface area contributed by atoms with Gasteiger partial charge in [0.1, 0.15) is 0 Å². The van der Waals surface area contributed by atoms with E-state index in [0.29, 0.717) is 12.8 Å². The van der Waals surface area contributed by atoms with E-state index in [0.717, 1.165) is 46.2 Å². The van der Waals surface area contributed by atoms with E-state index >= 15 is 0 Å². The molecule has 2 N–H and O–H groups in total. The quantitative estimate of drug-likeness (QED) is 0.306. The standard InChI is InChI=1S/C27H22F6N4O6/c1-3-9-36-19(38)15-7-5-13(11-17(15)21(36)40)34-23(42)25(28,29)27(32,33)26(30,31)24(43)35-14-6-8-16-18(12-14)22(41)37(10-4-2)20(16)39/h5-8,11-12H,3-4,9-10H2,1-2H3,(H,34,42)(H,35,43). The summed E-state index contributed by atoms with van der Waals surface area (Å²) in [5.74, 6) is -27.9. The molecule has 4 rings (SSSR count). The molecule has 0 saturated heterocycles. The molecule has 0 spiro atoms. The van der Waals surface area contributed by atoms with Crippen LogP contribution in [0.2, 0.25) is 0 Å². The third-order valence-corrected chi connectivity index (χ3v) is 6.71. The summed E-state index contributed by atoms with van der Waals surface area (Å²) in [6.07, 6.45) is 0.778. The Labute approximate surface area is 239 Å². The van der Waals surface area contributed by atoms with Crippen LogP contribution in [0.25, 0.3) is 0 Å². The molecule has 2 aliphatic heterocycles. The first-order chi connectivity index (χ1) is 20.0. The predicted molar refractivity (Wildman–Crippen MR) is 136 cm³/mol. The first kappa shape index (κ1) is 31.2. The highest BCUT2D eigenvalue weighted by molar-refractivity contribution is 6.22. The average Bonchev–Trinajstić information content (AvgIpc) is 3.32. The fraction of sp³-hybridized carbons (Fsp3) is 0.333. The number of amides is 6. The molecule has 0 aliphatic carbocycles. The Kier molecular flexibility index (Phi) is 7.84. The van der Waals surface area contributed by atoms with Gasteiger partial charge in [0.15, 0.2) is 0 Å². The van der Waals surface area contributed by atoms with E-state index < -0.39 is 64.6 Å². The molecule has 0 saturated carbocycles. The minimum absolute atomic E-state index is 0.0205. The smallest absolute Gasteiger partial charge is 0.321 e. The molecule has 43 heavy (non-hydrogen) atoms. The van der Waals surface area contributed by atoms with E-state index in [1.165, 1.54) is 10.6 Å². The molecule has 0 radical (unpaired) electrons. The number of carbonyl (C=O) groups excluding carboxylic acids is 6. The van der Waals surface area contributed by atoms with Gasteiger partial charge in [0.05, 0.1) is 22.3 Å². The van der Waals surface area contributed by atoms with Crippen LogP contribution in [0, 0.1) is 0 Å². The van der Waals surface area contributed by atoms with Crippen LogP contribution in [-0.4, -0.2) is 76.1 Å². The largest absolute Gasteiger partial charge is 0.393 e. The summed E-state index contributed by atoms with van der Waals surface area (Å²) >= 11 is 0. The number of alkyl halides is 6. The SMILES string of the molecule is CCCN1C(=O)c2ccc(NC(=O)C(F)(F)C(F)(F)C(F)(F)C(=O)Nc3ccc4c(c3)C(=O)N(CCC)C4=O)cc2C1=O. The van der Waals surface area contributed by atoms with Crippen LogP contribution in [0.5, 0.6) is 0 Å². The fourth-order valence-electron chi connectivity index (χ4n) is 4.49. The molecule has 0 fully saturated rings. The zero-order chi connectivity index (χ0) is 32.1. The van der Waals surface area contributed by atoms with Gasteiger partial charge < -0.3 is 10.6 Å². The van der Waals surface area contributed by atoms with E-state index in [1.54, 1.807) is 13.8 Å². The molecule has 16 heteroatoms. The van der Waals surface area contributed by atoms with Gasteiger partial charge in [-0.3, -0.25) is 38.6 Å². The Hall–Kier alpha value is -4.76. The summed E-state index contributed by atoms with van der Waals surface area (Å²) in [4.78, 5) is 75.5. The maximum atomic E-state index is 14.6. The summed E-state index contributed by atoms with van der Waals surface area (Å²) in [5, 5.41) is 2.65. The van der Waals surface area contributed by atoms with Crippen LogP contribution in [-0.2, 0) is 9.59 Å². The van der Waals surface area contributed by atoms with Crippen LogP contribution in [0.1, 0.15) is 68.1 Å². The monoisotopic (exact) mass is 612 g/mol. The van der Waals surface area contributed by atoms with Crippen molar-refractivity contribution in [1.82, 2.24) is 9.80 Å².